The van der Waals surface area contributed by atoms with Gasteiger partial charge in [-0.25, -0.2) is 9.18 Å². The number of nitrogens with zero attached hydrogens (tertiary/aromatic N) is 1. The van der Waals surface area contributed by atoms with Gasteiger partial charge in [0.2, 0.25) is 0 Å². The van der Waals surface area contributed by atoms with E-state index in [-0.39, 0.29) is 17.1 Å². The minimum Gasteiger partial charge on any atom is -0.481 e. The van der Waals surface area contributed by atoms with E-state index in [0.29, 0.717) is 23.1 Å². The lowest BCUT2D eigenvalue weighted by Crippen LogP contribution is -2.44. The van der Waals surface area contributed by atoms with E-state index in [1.165, 1.54) is 12.1 Å². The van der Waals surface area contributed by atoms with Crippen molar-refractivity contribution in [3.63, 3.8) is 0 Å². The third-order valence-corrected chi connectivity index (χ3v) is 7.42. The van der Waals surface area contributed by atoms with Crippen molar-refractivity contribution >= 4 is 47.0 Å². The zero-order valence-corrected chi connectivity index (χ0v) is 23.3. The highest BCUT2D eigenvalue weighted by Crippen LogP contribution is 2.43. The summed E-state index contributed by atoms with van der Waals surface area (Å²) in [6.07, 6.45) is 1.37. The van der Waals surface area contributed by atoms with E-state index in [1.54, 1.807) is 6.07 Å². The summed E-state index contributed by atoms with van der Waals surface area (Å²) in [5.74, 6) is -5.25. The van der Waals surface area contributed by atoms with E-state index < -0.39 is 36.4 Å². The first kappa shape index (κ1) is 32.0. The number of amides is 1. The normalized spacial score (nSPS) is 16.4. The van der Waals surface area contributed by atoms with Gasteiger partial charge in [-0.1, -0.05) is 41.4 Å². The van der Waals surface area contributed by atoms with Crippen LogP contribution in [0.2, 0.25) is 10.0 Å². The molecule has 2 aromatic carbocycles. The molecule has 10 nitrogen and oxygen atoms in total. The highest BCUT2D eigenvalue weighted by atomic mass is 35.5. The molecule has 4 rings (SSSR count). The standard InChI is InChI=1S/C22H21Cl2FN2O.C6H8O7/c23-17-11-15(12-18(24)13-17)14-27-10-5-20(21(27)28)22(6-8-26-9-7-22)16-1-3-19(25)4-2-16;7-3(8)1-6(13,5(11)12)2-4(9)10/h1-5,11-13,26H,6-10,14H2;13H,1-2H2,(H,7,8)(H,9,10)(H,11,12). The summed E-state index contributed by atoms with van der Waals surface area (Å²) in [5, 5.41) is 38.3. The Bertz CT molecular complexity index is 1310. The van der Waals surface area contributed by atoms with Crippen LogP contribution in [0.5, 0.6) is 0 Å². The molecule has 0 aromatic heterocycles. The average molecular weight is 611 g/mol. The maximum Gasteiger partial charge on any atom is 0.336 e. The molecule has 1 saturated heterocycles. The van der Waals surface area contributed by atoms with Crippen LogP contribution in [-0.2, 0) is 31.1 Å². The van der Waals surface area contributed by atoms with Crippen LogP contribution in [0.25, 0.3) is 0 Å². The Kier molecular flexibility index (Phi) is 10.5. The van der Waals surface area contributed by atoms with Crippen LogP contribution >= 0.6 is 23.2 Å². The molecule has 0 bridgehead atoms. The molecule has 2 heterocycles. The van der Waals surface area contributed by atoms with Crippen LogP contribution in [0, 0.1) is 5.82 Å². The number of carbonyl (C=O) groups excluding carboxylic acids is 1. The SMILES string of the molecule is O=C(O)CC(O)(CC(=O)O)C(=O)O.O=C1C(C2(c3ccc(F)cc3)CCNCC2)=CCN1Cc1cc(Cl)cc(Cl)c1. The van der Waals surface area contributed by atoms with Crippen molar-refractivity contribution in [1.82, 2.24) is 10.2 Å². The lowest BCUT2D eigenvalue weighted by molar-refractivity contribution is -0.170. The molecular weight excluding hydrogens is 582 g/mol. The maximum absolute atomic E-state index is 13.5. The number of hydrogen-bond acceptors (Lipinski definition) is 6. The molecule has 41 heavy (non-hydrogen) atoms. The molecule has 0 saturated carbocycles. The molecule has 5 N–H and O–H groups in total. The zero-order chi connectivity index (χ0) is 30.4. The molecule has 0 unspecified atom stereocenters. The molecule has 0 aliphatic carbocycles. The molecule has 13 heteroatoms. The Labute approximate surface area is 245 Å². The highest BCUT2D eigenvalue weighted by Gasteiger charge is 2.44. The minimum atomic E-state index is -2.74. The Hall–Kier alpha value is -3.51. The van der Waals surface area contributed by atoms with Crippen LogP contribution in [0.15, 0.2) is 54.1 Å². The van der Waals surface area contributed by atoms with Gasteiger partial charge in [0.1, 0.15) is 5.82 Å². The third kappa shape index (κ3) is 8.04. The average Bonchev–Trinajstić information content (AvgIpc) is 3.23. The highest BCUT2D eigenvalue weighted by molar-refractivity contribution is 6.34. The van der Waals surface area contributed by atoms with E-state index in [2.05, 4.69) is 5.32 Å². The summed E-state index contributed by atoms with van der Waals surface area (Å²) in [6.45, 7) is 2.66. The number of nitrogens with one attached hydrogen (secondary N) is 1. The third-order valence-electron chi connectivity index (χ3n) is 6.98. The molecule has 220 valence electrons. The van der Waals surface area contributed by atoms with Gasteiger partial charge >= 0.3 is 17.9 Å². The Morgan fingerprint density at radius 2 is 1.49 bits per heavy atom. The lowest BCUT2D eigenvalue weighted by Gasteiger charge is -2.39. The Morgan fingerprint density at radius 1 is 0.951 bits per heavy atom. The molecule has 0 spiro atoms. The van der Waals surface area contributed by atoms with Crippen molar-refractivity contribution in [2.75, 3.05) is 19.6 Å². The lowest BCUT2D eigenvalue weighted by atomic mass is 9.68. The largest absolute Gasteiger partial charge is 0.481 e. The zero-order valence-electron chi connectivity index (χ0n) is 21.8. The van der Waals surface area contributed by atoms with Gasteiger partial charge < -0.3 is 30.6 Å². The van der Waals surface area contributed by atoms with Crippen LogP contribution in [0.3, 0.4) is 0 Å². The quantitative estimate of drug-likeness (QED) is 0.286. The summed E-state index contributed by atoms with van der Waals surface area (Å²) in [6, 6.07) is 11.9. The molecule has 2 aliphatic rings. The number of halogens is 3. The number of hydrogen-bond donors (Lipinski definition) is 5. The minimum absolute atomic E-state index is 0.0299. The molecule has 1 amide bonds. The fourth-order valence-corrected chi connectivity index (χ4v) is 5.62. The summed E-state index contributed by atoms with van der Waals surface area (Å²) < 4.78 is 13.5. The van der Waals surface area contributed by atoms with Crippen molar-refractivity contribution in [3.05, 3.63) is 81.1 Å². The van der Waals surface area contributed by atoms with E-state index in [9.17, 15) is 23.6 Å². The first-order chi connectivity index (χ1) is 19.3. The number of rotatable bonds is 9. The number of aliphatic carboxylic acids is 3. The second-order valence-electron chi connectivity index (χ2n) is 9.90. The van der Waals surface area contributed by atoms with Crippen molar-refractivity contribution in [2.24, 2.45) is 0 Å². The van der Waals surface area contributed by atoms with Gasteiger partial charge in [-0.2, -0.15) is 0 Å². The van der Waals surface area contributed by atoms with Gasteiger partial charge in [0.05, 0.1) is 12.8 Å². The van der Waals surface area contributed by atoms with Crippen molar-refractivity contribution in [3.8, 4) is 0 Å². The van der Waals surface area contributed by atoms with E-state index in [4.69, 9.17) is 43.6 Å². The predicted molar refractivity (Wildman–Crippen MR) is 147 cm³/mol. The Morgan fingerprint density at radius 3 is 1.98 bits per heavy atom. The summed E-state index contributed by atoms with van der Waals surface area (Å²) >= 11 is 12.2. The van der Waals surface area contributed by atoms with Gasteiger partial charge in [0, 0.05) is 34.1 Å². The van der Waals surface area contributed by atoms with Gasteiger partial charge in [0.25, 0.3) is 5.91 Å². The first-order valence-electron chi connectivity index (χ1n) is 12.6. The van der Waals surface area contributed by atoms with Crippen molar-refractivity contribution in [2.45, 2.75) is 43.2 Å². The summed E-state index contributed by atoms with van der Waals surface area (Å²) in [4.78, 5) is 45.6. The molecular formula is C28H29Cl2FN2O8. The number of carboxylic acid groups (broad SMARTS) is 3. The number of aliphatic hydroxyl groups is 1. The number of piperidine rings is 1. The predicted octanol–water partition coefficient (Wildman–Crippen LogP) is 3.47. The smallest absolute Gasteiger partial charge is 0.336 e. The fourth-order valence-electron chi connectivity index (χ4n) is 5.05. The maximum atomic E-state index is 13.5. The van der Waals surface area contributed by atoms with Crippen LogP contribution in [0.1, 0.15) is 36.8 Å². The number of carbonyl (C=O) groups is 4. The topological polar surface area (TPSA) is 164 Å². The first-order valence-corrected chi connectivity index (χ1v) is 13.3. The van der Waals surface area contributed by atoms with E-state index >= 15 is 0 Å². The molecule has 1 fully saturated rings. The monoisotopic (exact) mass is 610 g/mol. The molecule has 0 atom stereocenters. The molecule has 2 aliphatic heterocycles. The number of carboxylic acids is 3. The van der Waals surface area contributed by atoms with Crippen LogP contribution in [-0.4, -0.2) is 74.4 Å². The second kappa shape index (κ2) is 13.4. The van der Waals surface area contributed by atoms with Gasteiger partial charge in [-0.3, -0.25) is 14.4 Å². The summed E-state index contributed by atoms with van der Waals surface area (Å²) in [7, 11) is 0. The van der Waals surface area contributed by atoms with Crippen LogP contribution < -0.4 is 5.32 Å². The van der Waals surface area contributed by atoms with Crippen molar-refractivity contribution in [1.29, 1.82) is 0 Å². The molecule has 2 aromatic rings. The van der Waals surface area contributed by atoms with Gasteiger partial charge in [0.15, 0.2) is 5.60 Å². The van der Waals surface area contributed by atoms with Crippen LogP contribution in [0.4, 0.5) is 4.39 Å². The second-order valence-corrected chi connectivity index (χ2v) is 10.8. The van der Waals surface area contributed by atoms with E-state index in [0.717, 1.165) is 42.6 Å². The summed E-state index contributed by atoms with van der Waals surface area (Å²) in [5.41, 5.74) is -0.396. The van der Waals surface area contributed by atoms with Gasteiger partial charge in [-0.15, -0.1) is 0 Å². The van der Waals surface area contributed by atoms with Crippen molar-refractivity contribution < 1.29 is 44.0 Å². The van der Waals surface area contributed by atoms with E-state index in [1.807, 2.05) is 35.2 Å². The molecule has 0 radical (unpaired) electrons. The Balaban J connectivity index is 0.000000302. The fraction of sp³-hybridized carbons (Fsp3) is 0.357. The number of benzene rings is 2. The van der Waals surface area contributed by atoms with Gasteiger partial charge in [-0.05, 0) is 67.4 Å².